The number of piperidine rings is 1. The molecule has 27 heavy (non-hydrogen) atoms. The molecule has 2 saturated heterocycles. The van der Waals surface area contributed by atoms with E-state index >= 15 is 0 Å². The maximum absolute atomic E-state index is 13.2. The van der Waals surface area contributed by atoms with Crippen LogP contribution in [0.4, 0.5) is 0 Å². The number of morpholine rings is 1. The molecule has 2 heterocycles. The van der Waals surface area contributed by atoms with Crippen LogP contribution in [0.5, 0.6) is 0 Å². The molecule has 0 aromatic heterocycles. The summed E-state index contributed by atoms with van der Waals surface area (Å²) in [5.41, 5.74) is 0.779. The van der Waals surface area contributed by atoms with Crippen molar-refractivity contribution in [1.82, 2.24) is 14.5 Å². The quantitative estimate of drug-likeness (QED) is 0.703. The van der Waals surface area contributed by atoms with Gasteiger partial charge in [0, 0.05) is 37.2 Å². The van der Waals surface area contributed by atoms with Crippen molar-refractivity contribution < 1.29 is 13.2 Å². The van der Waals surface area contributed by atoms with Crippen molar-refractivity contribution in [3.63, 3.8) is 0 Å². The number of hydrogen-bond acceptors (Lipinski definition) is 5. The normalized spacial score (nSPS) is 22.2. The van der Waals surface area contributed by atoms with Gasteiger partial charge in [-0.2, -0.15) is 4.31 Å². The first kappa shape index (κ1) is 21.0. The lowest BCUT2D eigenvalue weighted by Gasteiger charge is -2.34. The van der Waals surface area contributed by atoms with Crippen LogP contribution in [0.3, 0.4) is 0 Å². The molecular weight excluding hydrogens is 386 g/mol. The maximum atomic E-state index is 13.2. The zero-order chi connectivity index (χ0) is 19.1. The summed E-state index contributed by atoms with van der Waals surface area (Å²) in [6.07, 6.45) is 2.78. The Labute approximate surface area is 167 Å². The Morgan fingerprint density at radius 3 is 2.63 bits per heavy atom. The molecule has 0 saturated carbocycles. The summed E-state index contributed by atoms with van der Waals surface area (Å²) in [5, 5.41) is 3.97. The molecule has 8 heteroatoms. The highest BCUT2D eigenvalue weighted by molar-refractivity contribution is 7.88. The smallest absolute Gasteiger partial charge is 0.218 e. The number of halogens is 1. The molecule has 0 bridgehead atoms. The number of rotatable bonds is 8. The second-order valence-electron chi connectivity index (χ2n) is 7.30. The van der Waals surface area contributed by atoms with Crippen molar-refractivity contribution in [1.29, 1.82) is 0 Å². The molecule has 2 aliphatic rings. The first-order valence-electron chi connectivity index (χ1n) is 9.79. The van der Waals surface area contributed by atoms with E-state index in [0.717, 1.165) is 70.8 Å². The summed E-state index contributed by atoms with van der Waals surface area (Å²) < 4.78 is 33.5. The van der Waals surface area contributed by atoms with E-state index in [1.165, 1.54) is 0 Å². The van der Waals surface area contributed by atoms with Gasteiger partial charge in [0.05, 0.1) is 19.0 Å². The van der Waals surface area contributed by atoms with E-state index in [1.54, 1.807) is 28.6 Å². The van der Waals surface area contributed by atoms with Crippen LogP contribution in [0.25, 0.3) is 0 Å². The minimum absolute atomic E-state index is 0.0260. The van der Waals surface area contributed by atoms with Crippen LogP contribution in [0.2, 0.25) is 5.02 Å². The highest BCUT2D eigenvalue weighted by atomic mass is 35.5. The fourth-order valence-electron chi connectivity index (χ4n) is 3.78. The number of ether oxygens (including phenoxy) is 1. The first-order valence-corrected chi connectivity index (χ1v) is 11.8. The predicted molar refractivity (Wildman–Crippen MR) is 109 cm³/mol. The van der Waals surface area contributed by atoms with E-state index in [-0.39, 0.29) is 11.8 Å². The van der Waals surface area contributed by atoms with Crippen molar-refractivity contribution in [2.24, 2.45) is 0 Å². The molecule has 2 aliphatic heterocycles. The summed E-state index contributed by atoms with van der Waals surface area (Å²) in [7, 11) is -3.38. The maximum Gasteiger partial charge on any atom is 0.218 e. The highest BCUT2D eigenvalue weighted by Gasteiger charge is 2.31. The molecule has 0 aliphatic carbocycles. The second-order valence-corrected chi connectivity index (χ2v) is 9.66. The summed E-state index contributed by atoms with van der Waals surface area (Å²) in [4.78, 5) is 2.35. The molecule has 1 N–H and O–H groups in total. The third-order valence-electron chi connectivity index (χ3n) is 5.25. The molecule has 152 valence electrons. The van der Waals surface area contributed by atoms with E-state index in [2.05, 4.69) is 10.2 Å². The molecule has 1 aromatic rings. The molecule has 0 amide bonds. The van der Waals surface area contributed by atoms with Gasteiger partial charge in [-0.05, 0) is 50.0 Å². The van der Waals surface area contributed by atoms with Crippen molar-refractivity contribution in [2.45, 2.75) is 31.1 Å². The van der Waals surface area contributed by atoms with Gasteiger partial charge in [0.2, 0.25) is 10.0 Å². The Morgan fingerprint density at radius 1 is 1.22 bits per heavy atom. The minimum Gasteiger partial charge on any atom is -0.379 e. The third kappa shape index (κ3) is 6.41. The van der Waals surface area contributed by atoms with Gasteiger partial charge < -0.3 is 10.1 Å². The fourth-order valence-corrected chi connectivity index (χ4v) is 5.72. The average Bonchev–Trinajstić information content (AvgIpc) is 2.68. The van der Waals surface area contributed by atoms with Gasteiger partial charge in [0.25, 0.3) is 0 Å². The molecule has 3 rings (SSSR count). The van der Waals surface area contributed by atoms with Gasteiger partial charge >= 0.3 is 0 Å². The largest absolute Gasteiger partial charge is 0.379 e. The van der Waals surface area contributed by atoms with Crippen LogP contribution in [0, 0.1) is 0 Å². The topological polar surface area (TPSA) is 61.9 Å². The Kier molecular flexibility index (Phi) is 7.93. The van der Waals surface area contributed by atoms with Crippen LogP contribution in [0.15, 0.2) is 24.3 Å². The molecule has 2 fully saturated rings. The van der Waals surface area contributed by atoms with Crippen LogP contribution in [-0.4, -0.2) is 76.1 Å². The SMILES string of the molecule is O=S(=O)(Cc1ccc(Cl)cc1)N(CCCN1CCOCC1)C1CCCNC1. The summed E-state index contributed by atoms with van der Waals surface area (Å²) in [6.45, 7) is 6.59. The summed E-state index contributed by atoms with van der Waals surface area (Å²) >= 11 is 5.93. The molecular formula is C19H30ClN3O3S. The Hall–Kier alpha value is -0.700. The summed E-state index contributed by atoms with van der Waals surface area (Å²) in [5.74, 6) is 0.0260. The van der Waals surface area contributed by atoms with Gasteiger partial charge in [-0.15, -0.1) is 0 Å². The number of nitrogens with one attached hydrogen (secondary N) is 1. The van der Waals surface area contributed by atoms with Crippen LogP contribution in [-0.2, 0) is 20.5 Å². The first-order chi connectivity index (χ1) is 13.0. The molecule has 6 nitrogen and oxygen atoms in total. The van der Waals surface area contributed by atoms with Crippen LogP contribution >= 0.6 is 11.6 Å². The molecule has 1 aromatic carbocycles. The number of sulfonamides is 1. The lowest BCUT2D eigenvalue weighted by molar-refractivity contribution is 0.0365. The van der Waals surface area contributed by atoms with Gasteiger partial charge in [0.1, 0.15) is 0 Å². The Bertz CT molecular complexity index is 672. The van der Waals surface area contributed by atoms with Crippen LogP contribution < -0.4 is 5.32 Å². The zero-order valence-corrected chi connectivity index (χ0v) is 17.3. The highest BCUT2D eigenvalue weighted by Crippen LogP contribution is 2.20. The van der Waals surface area contributed by atoms with Gasteiger partial charge in [0.15, 0.2) is 0 Å². The van der Waals surface area contributed by atoms with E-state index in [4.69, 9.17) is 16.3 Å². The predicted octanol–water partition coefficient (Wildman–Crippen LogP) is 1.95. The van der Waals surface area contributed by atoms with E-state index < -0.39 is 10.0 Å². The van der Waals surface area contributed by atoms with Gasteiger partial charge in [-0.25, -0.2) is 8.42 Å². The average molecular weight is 416 g/mol. The minimum atomic E-state index is -3.38. The molecule has 1 atom stereocenters. The third-order valence-corrected chi connectivity index (χ3v) is 7.40. The standard InChI is InChI=1S/C19H30ClN3O3S/c20-18-6-4-17(5-7-18)16-27(24,25)23(19-3-1-8-21-15-19)10-2-9-22-11-13-26-14-12-22/h4-7,19,21H,1-3,8-16H2. The molecule has 0 radical (unpaired) electrons. The summed E-state index contributed by atoms with van der Waals surface area (Å²) in [6, 6.07) is 7.13. The van der Waals surface area contributed by atoms with Gasteiger partial charge in [-0.3, -0.25) is 4.90 Å². The van der Waals surface area contributed by atoms with Crippen molar-refractivity contribution >= 4 is 21.6 Å². The van der Waals surface area contributed by atoms with E-state index in [9.17, 15) is 8.42 Å². The number of benzene rings is 1. The number of hydrogen-bond donors (Lipinski definition) is 1. The Morgan fingerprint density at radius 2 is 1.96 bits per heavy atom. The zero-order valence-electron chi connectivity index (χ0n) is 15.8. The van der Waals surface area contributed by atoms with Crippen molar-refractivity contribution in [3.05, 3.63) is 34.9 Å². The van der Waals surface area contributed by atoms with Crippen molar-refractivity contribution in [2.75, 3.05) is 52.5 Å². The van der Waals surface area contributed by atoms with Crippen LogP contribution in [0.1, 0.15) is 24.8 Å². The second kappa shape index (κ2) is 10.2. The number of nitrogens with zero attached hydrogens (tertiary/aromatic N) is 2. The monoisotopic (exact) mass is 415 g/mol. The van der Waals surface area contributed by atoms with E-state index in [0.29, 0.717) is 11.6 Å². The molecule has 0 spiro atoms. The lowest BCUT2D eigenvalue weighted by Crippen LogP contribution is -2.50. The fraction of sp³-hybridized carbons (Fsp3) is 0.684. The van der Waals surface area contributed by atoms with E-state index in [1.807, 2.05) is 0 Å². The Balaban J connectivity index is 1.64. The molecule has 1 unspecified atom stereocenters. The lowest BCUT2D eigenvalue weighted by atomic mass is 10.1. The van der Waals surface area contributed by atoms with Gasteiger partial charge in [-0.1, -0.05) is 23.7 Å². The van der Waals surface area contributed by atoms with Crippen molar-refractivity contribution in [3.8, 4) is 0 Å².